The Morgan fingerprint density at radius 3 is 2.07 bits per heavy atom. The fraction of sp³-hybridized carbons (Fsp3) is 0.400. The number of nitrogens with two attached hydrogens (primary N) is 1. The van der Waals surface area contributed by atoms with Crippen molar-refractivity contribution in [2.45, 2.75) is 25.7 Å². The lowest BCUT2D eigenvalue weighted by molar-refractivity contribution is 0.602. The number of nitrogen functional groups attached to an aromatic ring is 1. The third-order valence-electron chi connectivity index (χ3n) is 1.67. The summed E-state index contributed by atoms with van der Waals surface area (Å²) in [6.45, 7) is 5.78. The molecule has 0 aliphatic heterocycles. The summed E-state index contributed by atoms with van der Waals surface area (Å²) in [6.07, 6.45) is 1.18. The van der Waals surface area contributed by atoms with Crippen molar-refractivity contribution < 1.29 is 8.42 Å². The second kappa shape index (κ2) is 5.00. The first-order chi connectivity index (χ1) is 6.41. The molecule has 2 N–H and O–H groups in total. The van der Waals surface area contributed by atoms with E-state index >= 15 is 0 Å². The van der Waals surface area contributed by atoms with Gasteiger partial charge < -0.3 is 5.73 Å². The molecule has 0 fully saturated rings. The Kier molecular flexibility index (Phi) is 4.63. The van der Waals surface area contributed by atoms with Crippen LogP contribution in [0.2, 0.25) is 0 Å². The molecule has 0 saturated heterocycles. The van der Waals surface area contributed by atoms with Crippen LogP contribution in [-0.2, 0) is 9.84 Å². The van der Waals surface area contributed by atoms with Gasteiger partial charge in [0.15, 0.2) is 9.84 Å². The molecule has 3 nitrogen and oxygen atoms in total. The van der Waals surface area contributed by atoms with Crippen LogP contribution in [0.5, 0.6) is 0 Å². The summed E-state index contributed by atoms with van der Waals surface area (Å²) in [5, 5.41) is 0. The van der Waals surface area contributed by atoms with E-state index in [1.165, 1.54) is 12.3 Å². The van der Waals surface area contributed by atoms with Crippen molar-refractivity contribution >= 4 is 15.5 Å². The van der Waals surface area contributed by atoms with Gasteiger partial charge in [-0.05, 0) is 30.7 Å². The van der Waals surface area contributed by atoms with Crippen LogP contribution in [0.1, 0.15) is 19.4 Å². The fourth-order valence-electron chi connectivity index (χ4n) is 0.879. The van der Waals surface area contributed by atoms with Crippen LogP contribution in [0.4, 0.5) is 5.69 Å². The van der Waals surface area contributed by atoms with Crippen LogP contribution in [0.25, 0.3) is 0 Å². The quantitative estimate of drug-likeness (QED) is 0.729. The number of benzene rings is 1. The van der Waals surface area contributed by atoms with Gasteiger partial charge in [-0.3, -0.25) is 0 Å². The predicted octanol–water partition coefficient (Wildman–Crippen LogP) is 2.01. The van der Waals surface area contributed by atoms with Gasteiger partial charge >= 0.3 is 0 Å². The zero-order chi connectivity index (χ0) is 11.4. The van der Waals surface area contributed by atoms with Crippen molar-refractivity contribution in [2.24, 2.45) is 0 Å². The number of hydrogen-bond donors (Lipinski definition) is 1. The maximum atomic E-state index is 11.1. The molecular formula is C10H17NO2S. The molecule has 1 aromatic rings. The summed E-state index contributed by atoms with van der Waals surface area (Å²) in [7, 11) is -3.10. The minimum absolute atomic E-state index is 0.314. The van der Waals surface area contributed by atoms with Gasteiger partial charge in [-0.1, -0.05) is 13.8 Å². The van der Waals surface area contributed by atoms with Crippen molar-refractivity contribution in [2.75, 3.05) is 12.0 Å². The van der Waals surface area contributed by atoms with Gasteiger partial charge in [-0.15, -0.1) is 0 Å². The molecular weight excluding hydrogens is 198 g/mol. The van der Waals surface area contributed by atoms with E-state index in [1.54, 1.807) is 19.1 Å². The number of rotatable bonds is 1. The van der Waals surface area contributed by atoms with Crippen molar-refractivity contribution in [1.82, 2.24) is 0 Å². The average Bonchev–Trinajstić information content (AvgIpc) is 2.11. The van der Waals surface area contributed by atoms with Crippen molar-refractivity contribution in [3.63, 3.8) is 0 Å². The van der Waals surface area contributed by atoms with E-state index < -0.39 is 9.84 Å². The third-order valence-corrected chi connectivity index (χ3v) is 2.78. The second-order valence-corrected chi connectivity index (χ2v) is 4.81. The Morgan fingerprint density at radius 1 is 1.21 bits per heavy atom. The summed E-state index contributed by atoms with van der Waals surface area (Å²) in [4.78, 5) is 0.314. The van der Waals surface area contributed by atoms with E-state index in [-0.39, 0.29) is 0 Å². The van der Waals surface area contributed by atoms with E-state index in [1.807, 2.05) is 13.8 Å². The highest BCUT2D eigenvalue weighted by Gasteiger charge is 2.06. The summed E-state index contributed by atoms with van der Waals surface area (Å²) < 4.78 is 22.1. The van der Waals surface area contributed by atoms with Gasteiger partial charge in [0.05, 0.1) is 4.90 Å². The molecule has 0 unspecified atom stereocenters. The van der Waals surface area contributed by atoms with Crippen molar-refractivity contribution in [1.29, 1.82) is 0 Å². The standard InChI is InChI=1S/C8H11NO2S.C2H6/c1-6-5-7(12(2,10)11)3-4-8(6)9;1-2/h3-5H,9H2,1-2H3;1-2H3. The maximum absolute atomic E-state index is 11.1. The summed E-state index contributed by atoms with van der Waals surface area (Å²) >= 11 is 0. The molecule has 0 radical (unpaired) electrons. The SMILES string of the molecule is CC.Cc1cc(S(C)(=O)=O)ccc1N. The van der Waals surface area contributed by atoms with Gasteiger partial charge in [-0.25, -0.2) is 8.42 Å². The molecule has 14 heavy (non-hydrogen) atoms. The fourth-order valence-corrected chi connectivity index (χ4v) is 1.58. The zero-order valence-electron chi connectivity index (χ0n) is 9.03. The van der Waals surface area contributed by atoms with Crippen LogP contribution in [-0.4, -0.2) is 14.7 Å². The van der Waals surface area contributed by atoms with Gasteiger partial charge in [0.2, 0.25) is 0 Å². The largest absolute Gasteiger partial charge is 0.399 e. The van der Waals surface area contributed by atoms with E-state index in [2.05, 4.69) is 0 Å². The Labute approximate surface area is 85.9 Å². The van der Waals surface area contributed by atoms with E-state index in [9.17, 15) is 8.42 Å². The minimum atomic E-state index is -3.10. The molecule has 1 aromatic carbocycles. The van der Waals surface area contributed by atoms with Gasteiger partial charge in [-0.2, -0.15) is 0 Å². The first-order valence-electron chi connectivity index (χ1n) is 4.47. The molecule has 0 amide bonds. The first kappa shape index (κ1) is 13.0. The Balaban J connectivity index is 0.000000791. The molecule has 1 rings (SSSR count). The summed E-state index contributed by atoms with van der Waals surface area (Å²) in [6, 6.07) is 4.69. The van der Waals surface area contributed by atoms with E-state index in [4.69, 9.17) is 5.73 Å². The van der Waals surface area contributed by atoms with Crippen LogP contribution in [0, 0.1) is 6.92 Å². The molecule has 0 atom stereocenters. The average molecular weight is 215 g/mol. The molecule has 4 heteroatoms. The monoisotopic (exact) mass is 215 g/mol. The summed E-state index contributed by atoms with van der Waals surface area (Å²) in [5.41, 5.74) is 6.94. The first-order valence-corrected chi connectivity index (χ1v) is 6.36. The number of aryl methyl sites for hydroxylation is 1. The van der Waals surface area contributed by atoms with Gasteiger partial charge in [0, 0.05) is 11.9 Å². The third kappa shape index (κ3) is 3.38. The molecule has 0 saturated carbocycles. The van der Waals surface area contributed by atoms with Crippen LogP contribution >= 0.6 is 0 Å². The minimum Gasteiger partial charge on any atom is -0.399 e. The molecule has 0 aliphatic carbocycles. The van der Waals surface area contributed by atoms with Crippen LogP contribution < -0.4 is 5.73 Å². The zero-order valence-corrected chi connectivity index (χ0v) is 9.85. The van der Waals surface area contributed by atoms with Crippen LogP contribution in [0.15, 0.2) is 23.1 Å². The Bertz CT molecular complexity index is 397. The topological polar surface area (TPSA) is 60.2 Å². The highest BCUT2D eigenvalue weighted by molar-refractivity contribution is 7.90. The highest BCUT2D eigenvalue weighted by Crippen LogP contribution is 2.16. The smallest absolute Gasteiger partial charge is 0.175 e. The number of anilines is 1. The van der Waals surface area contributed by atoms with E-state index in [0.29, 0.717) is 10.6 Å². The Hall–Kier alpha value is -1.03. The van der Waals surface area contributed by atoms with Crippen molar-refractivity contribution in [3.05, 3.63) is 23.8 Å². The Morgan fingerprint density at radius 2 is 1.71 bits per heavy atom. The van der Waals surface area contributed by atoms with Crippen molar-refractivity contribution in [3.8, 4) is 0 Å². The highest BCUT2D eigenvalue weighted by atomic mass is 32.2. The van der Waals surface area contributed by atoms with Gasteiger partial charge in [0.25, 0.3) is 0 Å². The van der Waals surface area contributed by atoms with E-state index in [0.717, 1.165) is 5.56 Å². The molecule has 0 aromatic heterocycles. The molecule has 80 valence electrons. The maximum Gasteiger partial charge on any atom is 0.175 e. The van der Waals surface area contributed by atoms with Crippen LogP contribution in [0.3, 0.4) is 0 Å². The normalized spacial score (nSPS) is 10.3. The number of hydrogen-bond acceptors (Lipinski definition) is 3. The second-order valence-electron chi connectivity index (χ2n) is 2.79. The lowest BCUT2D eigenvalue weighted by Gasteiger charge is -2.02. The summed E-state index contributed by atoms with van der Waals surface area (Å²) in [5.74, 6) is 0. The lowest BCUT2D eigenvalue weighted by Crippen LogP contribution is -1.98. The lowest BCUT2D eigenvalue weighted by atomic mass is 10.2. The molecule has 0 heterocycles. The molecule has 0 aliphatic rings. The number of sulfone groups is 1. The molecule has 0 bridgehead atoms. The predicted molar refractivity (Wildman–Crippen MR) is 60.0 cm³/mol. The van der Waals surface area contributed by atoms with Gasteiger partial charge in [0.1, 0.15) is 0 Å². The molecule has 0 spiro atoms.